The van der Waals surface area contributed by atoms with Crippen molar-refractivity contribution in [2.45, 2.75) is 13.0 Å². The van der Waals surface area contributed by atoms with Gasteiger partial charge >= 0.3 is 5.97 Å². The van der Waals surface area contributed by atoms with Gasteiger partial charge in [0.25, 0.3) is 0 Å². The highest BCUT2D eigenvalue weighted by Crippen LogP contribution is 2.23. The third-order valence-corrected chi connectivity index (χ3v) is 3.29. The molecule has 98 valence electrons. The molecule has 19 heavy (non-hydrogen) atoms. The van der Waals surface area contributed by atoms with Crippen molar-refractivity contribution in [1.29, 1.82) is 0 Å². The van der Waals surface area contributed by atoms with E-state index in [4.69, 9.17) is 5.11 Å². The van der Waals surface area contributed by atoms with E-state index < -0.39 is 11.9 Å². The zero-order valence-electron chi connectivity index (χ0n) is 9.94. The highest BCUT2D eigenvalue weighted by atomic mass is 16.6. The summed E-state index contributed by atoms with van der Waals surface area (Å²) in [4.78, 5) is 24.2. The third-order valence-electron chi connectivity index (χ3n) is 3.29. The number of hydrogen-bond donors (Lipinski definition) is 1. The van der Waals surface area contributed by atoms with Crippen molar-refractivity contribution in [2.24, 2.45) is 5.92 Å². The molecule has 0 aliphatic carbocycles. The van der Waals surface area contributed by atoms with E-state index in [0.717, 1.165) is 5.56 Å². The van der Waals surface area contributed by atoms with E-state index in [1.54, 1.807) is 12.1 Å². The first kappa shape index (κ1) is 11.6. The molecule has 1 amide bonds. The molecule has 1 aromatic heterocycles. The Kier molecular flexibility index (Phi) is 2.66. The minimum Gasteiger partial charge on any atom is -0.481 e. The molecule has 0 radical (unpaired) electrons. The third kappa shape index (κ3) is 2.03. The van der Waals surface area contributed by atoms with Crippen LogP contribution in [0.1, 0.15) is 12.0 Å². The van der Waals surface area contributed by atoms with Gasteiger partial charge in [0.05, 0.1) is 5.92 Å². The predicted molar refractivity (Wildman–Crippen MR) is 63.0 cm³/mol. The number of rotatable bonds is 3. The molecule has 1 saturated heterocycles. The lowest BCUT2D eigenvalue weighted by Gasteiger charge is -2.15. The molecule has 2 aromatic rings. The second-order valence-electron chi connectivity index (χ2n) is 4.56. The number of amides is 1. The fraction of sp³-hybridized carbons (Fsp3) is 0.333. The van der Waals surface area contributed by atoms with E-state index in [1.165, 1.54) is 4.90 Å². The minimum atomic E-state index is -0.933. The summed E-state index contributed by atoms with van der Waals surface area (Å²) in [6.45, 7) is 0.560. The van der Waals surface area contributed by atoms with Crippen LogP contribution >= 0.6 is 0 Å². The highest BCUT2D eigenvalue weighted by molar-refractivity contribution is 5.86. The van der Waals surface area contributed by atoms with Gasteiger partial charge < -0.3 is 10.0 Å². The number of carbonyl (C=O) groups excluding carboxylic acids is 1. The van der Waals surface area contributed by atoms with Crippen molar-refractivity contribution in [3.8, 4) is 0 Å². The summed E-state index contributed by atoms with van der Waals surface area (Å²) >= 11 is 0. The van der Waals surface area contributed by atoms with Crippen molar-refractivity contribution in [1.82, 2.24) is 15.2 Å². The van der Waals surface area contributed by atoms with Crippen molar-refractivity contribution >= 4 is 22.9 Å². The van der Waals surface area contributed by atoms with Crippen LogP contribution < -0.4 is 0 Å². The molecule has 1 atom stereocenters. The van der Waals surface area contributed by atoms with Crippen LogP contribution in [0.4, 0.5) is 0 Å². The van der Waals surface area contributed by atoms with Gasteiger partial charge in [0.1, 0.15) is 11.0 Å². The van der Waals surface area contributed by atoms with Crippen LogP contribution in [0.5, 0.6) is 0 Å². The van der Waals surface area contributed by atoms with Gasteiger partial charge in [-0.1, -0.05) is 12.1 Å². The zero-order valence-corrected chi connectivity index (χ0v) is 9.94. The maximum atomic E-state index is 11.8. The van der Waals surface area contributed by atoms with Gasteiger partial charge in [0.2, 0.25) is 5.91 Å². The van der Waals surface area contributed by atoms with Crippen LogP contribution in [0.2, 0.25) is 0 Å². The second-order valence-corrected chi connectivity index (χ2v) is 4.56. The van der Waals surface area contributed by atoms with Gasteiger partial charge in [-0.05, 0) is 16.4 Å². The molecule has 0 bridgehead atoms. The van der Waals surface area contributed by atoms with E-state index in [0.29, 0.717) is 17.6 Å². The summed E-state index contributed by atoms with van der Waals surface area (Å²) in [5.41, 5.74) is 2.03. The Bertz CT molecular complexity index is 651. The molecule has 2 heterocycles. The molecule has 1 aliphatic rings. The molecule has 0 spiro atoms. The maximum absolute atomic E-state index is 11.8. The predicted octanol–water partition coefficient (Wildman–Crippen LogP) is 0.656. The average molecular weight is 261 g/mol. The molecule has 1 aliphatic heterocycles. The summed E-state index contributed by atoms with van der Waals surface area (Å²) in [5.74, 6) is -1.71. The van der Waals surface area contributed by atoms with Crippen LogP contribution in [0.15, 0.2) is 22.8 Å². The summed E-state index contributed by atoms with van der Waals surface area (Å²) in [7, 11) is 0. The van der Waals surface area contributed by atoms with Crippen molar-refractivity contribution in [3.05, 3.63) is 23.8 Å². The number of nitrogens with zero attached hydrogens (tertiary/aromatic N) is 3. The Morgan fingerprint density at radius 3 is 3.05 bits per heavy atom. The lowest BCUT2D eigenvalue weighted by molar-refractivity contribution is -0.141. The fourth-order valence-corrected chi connectivity index (χ4v) is 2.29. The quantitative estimate of drug-likeness (QED) is 0.871. The van der Waals surface area contributed by atoms with Crippen molar-refractivity contribution in [3.63, 3.8) is 0 Å². The largest absolute Gasteiger partial charge is 0.481 e. The Labute approximate surface area is 107 Å². The fourth-order valence-electron chi connectivity index (χ4n) is 2.29. The smallest absolute Gasteiger partial charge is 0.308 e. The number of carboxylic acids is 1. The summed E-state index contributed by atoms with van der Waals surface area (Å²) in [6, 6.07) is 5.40. The van der Waals surface area contributed by atoms with Crippen LogP contribution in [0.3, 0.4) is 0 Å². The standard InChI is InChI=1S/C12H11N3O4/c16-10-4-8(12(17)18)6-15(10)5-7-2-1-3-9-11(7)14-19-13-9/h1-3,8H,4-6H2,(H,17,18). The molecular weight excluding hydrogens is 250 g/mol. The van der Waals surface area contributed by atoms with Crippen LogP contribution in [-0.2, 0) is 16.1 Å². The second kappa shape index (κ2) is 4.34. The molecule has 1 fully saturated rings. The Balaban J connectivity index is 1.84. The number of aliphatic carboxylic acids is 1. The first-order valence-electron chi connectivity index (χ1n) is 5.86. The zero-order chi connectivity index (χ0) is 13.4. The van der Waals surface area contributed by atoms with Gasteiger partial charge in [0.15, 0.2) is 0 Å². The highest BCUT2D eigenvalue weighted by Gasteiger charge is 2.34. The Morgan fingerprint density at radius 1 is 1.47 bits per heavy atom. The molecule has 1 N–H and O–H groups in total. The van der Waals surface area contributed by atoms with Gasteiger partial charge in [0, 0.05) is 25.1 Å². The first-order valence-corrected chi connectivity index (χ1v) is 5.86. The van der Waals surface area contributed by atoms with Crippen LogP contribution in [0, 0.1) is 5.92 Å². The monoisotopic (exact) mass is 261 g/mol. The molecular formula is C12H11N3O4. The van der Waals surface area contributed by atoms with Gasteiger partial charge in [-0.2, -0.15) is 0 Å². The summed E-state index contributed by atoms with van der Waals surface area (Å²) < 4.78 is 4.66. The number of likely N-dealkylation sites (tertiary alicyclic amines) is 1. The van der Waals surface area contributed by atoms with Crippen LogP contribution in [0.25, 0.3) is 11.0 Å². The van der Waals surface area contributed by atoms with Crippen LogP contribution in [-0.4, -0.2) is 38.7 Å². The topological polar surface area (TPSA) is 96.5 Å². The molecule has 7 nitrogen and oxygen atoms in total. The maximum Gasteiger partial charge on any atom is 0.308 e. The Hall–Kier alpha value is -2.44. The molecule has 3 rings (SSSR count). The number of carbonyl (C=O) groups is 2. The van der Waals surface area contributed by atoms with Gasteiger partial charge in [-0.3, -0.25) is 9.59 Å². The first-order chi connectivity index (χ1) is 9.15. The van der Waals surface area contributed by atoms with Crippen molar-refractivity contribution < 1.29 is 19.3 Å². The molecule has 0 saturated carbocycles. The number of carboxylic acid groups (broad SMARTS) is 1. The number of hydrogen-bond acceptors (Lipinski definition) is 5. The lowest BCUT2D eigenvalue weighted by atomic mass is 10.1. The number of fused-ring (bicyclic) bond motifs is 1. The normalized spacial score (nSPS) is 19.3. The SMILES string of the molecule is O=C(O)C1CC(=O)N(Cc2cccc3nonc23)C1. The van der Waals surface area contributed by atoms with E-state index >= 15 is 0 Å². The summed E-state index contributed by atoms with van der Waals surface area (Å²) in [6.07, 6.45) is 0.0579. The van der Waals surface area contributed by atoms with E-state index in [-0.39, 0.29) is 18.9 Å². The van der Waals surface area contributed by atoms with E-state index in [2.05, 4.69) is 14.9 Å². The minimum absolute atomic E-state index is 0.0579. The number of benzene rings is 1. The Morgan fingerprint density at radius 2 is 2.32 bits per heavy atom. The van der Waals surface area contributed by atoms with E-state index in [9.17, 15) is 9.59 Å². The molecule has 1 aromatic carbocycles. The van der Waals surface area contributed by atoms with Crippen molar-refractivity contribution in [2.75, 3.05) is 6.54 Å². The number of aromatic nitrogens is 2. The summed E-state index contributed by atoms with van der Waals surface area (Å²) in [5, 5.41) is 16.5. The molecule has 1 unspecified atom stereocenters. The average Bonchev–Trinajstić information content (AvgIpc) is 2.97. The van der Waals surface area contributed by atoms with Gasteiger partial charge in [-0.15, -0.1) is 0 Å². The van der Waals surface area contributed by atoms with E-state index in [1.807, 2.05) is 6.07 Å². The van der Waals surface area contributed by atoms with Gasteiger partial charge in [-0.25, -0.2) is 4.63 Å². The lowest BCUT2D eigenvalue weighted by Crippen LogP contribution is -2.25. The molecule has 7 heteroatoms.